The summed E-state index contributed by atoms with van der Waals surface area (Å²) in [6.07, 6.45) is 1.29. The largest absolute Gasteiger partial charge is 0.418 e. The van der Waals surface area contributed by atoms with Crippen LogP contribution in [0.3, 0.4) is 0 Å². The maximum absolute atomic E-state index is 11.6. The normalized spacial score (nSPS) is 10.1. The van der Waals surface area contributed by atoms with Crippen molar-refractivity contribution in [1.82, 2.24) is 4.98 Å². The average molecular weight is 217 g/mol. The molecular weight excluding hydrogens is 206 g/mol. The quantitative estimate of drug-likeness (QED) is 0.803. The van der Waals surface area contributed by atoms with Crippen molar-refractivity contribution in [3.8, 4) is 0 Å². The monoisotopic (exact) mass is 217 g/mol. The second-order valence-corrected chi connectivity index (χ2v) is 3.38. The summed E-state index contributed by atoms with van der Waals surface area (Å²) in [5, 5.41) is 2.67. The fourth-order valence-electron chi connectivity index (χ4n) is 1.22. The molecule has 0 aliphatic carbocycles. The van der Waals surface area contributed by atoms with Gasteiger partial charge in [-0.15, -0.1) is 0 Å². The van der Waals surface area contributed by atoms with Crippen LogP contribution in [0.2, 0.25) is 0 Å². The minimum absolute atomic E-state index is 0.0194. The fourth-order valence-corrected chi connectivity index (χ4v) is 1.22. The van der Waals surface area contributed by atoms with Gasteiger partial charge in [-0.05, 0) is 19.1 Å². The van der Waals surface area contributed by atoms with Crippen molar-refractivity contribution in [3.63, 3.8) is 0 Å². The van der Waals surface area contributed by atoms with Crippen LogP contribution in [-0.2, 0) is 0 Å². The third-order valence-electron chi connectivity index (χ3n) is 2.06. The van der Waals surface area contributed by atoms with Gasteiger partial charge >= 0.3 is 0 Å². The maximum atomic E-state index is 11.6. The molecule has 1 aromatic carbocycles. The molecular formula is C11H11N3O2. The van der Waals surface area contributed by atoms with Gasteiger partial charge in [0.05, 0.1) is 6.20 Å². The molecule has 16 heavy (non-hydrogen) atoms. The summed E-state index contributed by atoms with van der Waals surface area (Å²) in [5.41, 5.74) is 7.10. The molecule has 0 radical (unpaired) electrons. The number of carbonyl (C=O) groups is 1. The van der Waals surface area contributed by atoms with E-state index in [9.17, 15) is 4.79 Å². The van der Waals surface area contributed by atoms with Gasteiger partial charge in [-0.1, -0.05) is 17.7 Å². The Kier molecular flexibility index (Phi) is 2.59. The Morgan fingerprint density at radius 1 is 1.38 bits per heavy atom. The van der Waals surface area contributed by atoms with Crippen LogP contribution in [0.15, 0.2) is 34.9 Å². The molecule has 3 N–H and O–H groups in total. The van der Waals surface area contributed by atoms with E-state index in [0.717, 1.165) is 5.56 Å². The lowest BCUT2D eigenvalue weighted by Crippen LogP contribution is -2.10. The molecule has 1 amide bonds. The van der Waals surface area contributed by atoms with Crippen molar-refractivity contribution in [1.29, 1.82) is 0 Å². The SMILES string of the molecule is Cc1ccc(NC(=O)c2cnc(N)o2)cc1. The lowest BCUT2D eigenvalue weighted by atomic mass is 10.2. The minimum Gasteiger partial charge on any atom is -0.418 e. The minimum atomic E-state index is -0.368. The average Bonchev–Trinajstić information content (AvgIpc) is 2.68. The number of anilines is 2. The van der Waals surface area contributed by atoms with Crippen LogP contribution < -0.4 is 11.1 Å². The van der Waals surface area contributed by atoms with Gasteiger partial charge in [-0.25, -0.2) is 4.98 Å². The van der Waals surface area contributed by atoms with Crippen molar-refractivity contribution in [2.24, 2.45) is 0 Å². The zero-order valence-corrected chi connectivity index (χ0v) is 8.73. The smallest absolute Gasteiger partial charge is 0.293 e. The van der Waals surface area contributed by atoms with E-state index in [2.05, 4.69) is 10.3 Å². The first-order chi connectivity index (χ1) is 7.65. The van der Waals surface area contributed by atoms with E-state index in [4.69, 9.17) is 10.2 Å². The Labute approximate surface area is 92.3 Å². The van der Waals surface area contributed by atoms with Crippen molar-refractivity contribution in [2.75, 3.05) is 11.1 Å². The lowest BCUT2D eigenvalue weighted by Gasteiger charge is -2.02. The molecule has 2 aromatic rings. The highest BCUT2D eigenvalue weighted by Crippen LogP contribution is 2.11. The van der Waals surface area contributed by atoms with E-state index < -0.39 is 0 Å². The summed E-state index contributed by atoms with van der Waals surface area (Å²) < 4.78 is 4.90. The number of aryl methyl sites for hydroxylation is 1. The van der Waals surface area contributed by atoms with Gasteiger partial charge < -0.3 is 15.5 Å². The maximum Gasteiger partial charge on any atom is 0.293 e. The van der Waals surface area contributed by atoms with E-state index in [-0.39, 0.29) is 17.7 Å². The Hall–Kier alpha value is -2.30. The summed E-state index contributed by atoms with van der Waals surface area (Å²) >= 11 is 0. The van der Waals surface area contributed by atoms with Crippen molar-refractivity contribution >= 4 is 17.6 Å². The summed E-state index contributed by atoms with van der Waals surface area (Å²) in [4.78, 5) is 15.3. The summed E-state index contributed by atoms with van der Waals surface area (Å²) in [7, 11) is 0. The van der Waals surface area contributed by atoms with E-state index in [1.54, 1.807) is 0 Å². The third-order valence-corrected chi connectivity index (χ3v) is 2.06. The number of carbonyl (C=O) groups excluding carboxylic acids is 1. The Bertz CT molecular complexity index is 502. The first-order valence-corrected chi connectivity index (χ1v) is 4.74. The van der Waals surface area contributed by atoms with Crippen molar-refractivity contribution in [2.45, 2.75) is 6.92 Å². The van der Waals surface area contributed by atoms with Gasteiger partial charge in [0, 0.05) is 5.69 Å². The number of nitrogens with two attached hydrogens (primary N) is 1. The summed E-state index contributed by atoms with van der Waals surface area (Å²) in [6, 6.07) is 7.42. The number of hydrogen-bond acceptors (Lipinski definition) is 4. The molecule has 0 spiro atoms. The number of nitrogens with one attached hydrogen (secondary N) is 1. The van der Waals surface area contributed by atoms with Crippen LogP contribution in [0.1, 0.15) is 16.1 Å². The number of nitrogen functional groups attached to an aromatic ring is 1. The number of hydrogen-bond donors (Lipinski definition) is 2. The molecule has 0 saturated heterocycles. The number of rotatable bonds is 2. The number of aromatic nitrogens is 1. The van der Waals surface area contributed by atoms with Crippen LogP contribution >= 0.6 is 0 Å². The third kappa shape index (κ3) is 2.20. The number of benzene rings is 1. The van der Waals surface area contributed by atoms with Gasteiger partial charge in [0.15, 0.2) is 0 Å². The summed E-state index contributed by atoms with van der Waals surface area (Å²) in [6.45, 7) is 1.97. The van der Waals surface area contributed by atoms with E-state index in [1.807, 2.05) is 31.2 Å². The highest BCUT2D eigenvalue weighted by molar-refractivity contribution is 6.02. The predicted molar refractivity (Wildman–Crippen MR) is 60.0 cm³/mol. The highest BCUT2D eigenvalue weighted by atomic mass is 16.4. The predicted octanol–water partition coefficient (Wildman–Crippen LogP) is 1.82. The molecule has 0 bridgehead atoms. The molecule has 0 atom stereocenters. The summed E-state index contributed by atoms with van der Waals surface area (Å²) in [5.74, 6) is -0.272. The molecule has 82 valence electrons. The molecule has 0 unspecified atom stereocenters. The Morgan fingerprint density at radius 3 is 2.62 bits per heavy atom. The number of amides is 1. The van der Waals surface area contributed by atoms with Crippen molar-refractivity contribution < 1.29 is 9.21 Å². The molecule has 0 aliphatic rings. The van der Waals surface area contributed by atoms with Gasteiger partial charge in [-0.2, -0.15) is 0 Å². The highest BCUT2D eigenvalue weighted by Gasteiger charge is 2.10. The van der Waals surface area contributed by atoms with E-state index >= 15 is 0 Å². The zero-order chi connectivity index (χ0) is 11.5. The van der Waals surface area contributed by atoms with E-state index in [1.165, 1.54) is 6.20 Å². The molecule has 1 aromatic heterocycles. The van der Waals surface area contributed by atoms with Crippen LogP contribution in [0, 0.1) is 6.92 Å². The standard InChI is InChI=1S/C11H11N3O2/c1-7-2-4-8(5-3-7)14-10(15)9-6-13-11(12)16-9/h2-6H,1H3,(H2,12,13)(H,14,15). The first-order valence-electron chi connectivity index (χ1n) is 4.74. The molecule has 0 fully saturated rings. The van der Waals surface area contributed by atoms with Gasteiger partial charge in [0.25, 0.3) is 11.9 Å². The molecule has 0 aliphatic heterocycles. The molecule has 0 saturated carbocycles. The Balaban J connectivity index is 2.10. The van der Waals surface area contributed by atoms with E-state index in [0.29, 0.717) is 5.69 Å². The second-order valence-electron chi connectivity index (χ2n) is 3.38. The van der Waals surface area contributed by atoms with Gasteiger partial charge in [0.1, 0.15) is 0 Å². The zero-order valence-electron chi connectivity index (χ0n) is 8.73. The van der Waals surface area contributed by atoms with Gasteiger partial charge in [0.2, 0.25) is 5.76 Å². The molecule has 5 heteroatoms. The number of oxazole rings is 1. The van der Waals surface area contributed by atoms with Crippen LogP contribution in [0.4, 0.5) is 11.7 Å². The molecule has 2 rings (SSSR count). The van der Waals surface area contributed by atoms with Crippen LogP contribution in [0.5, 0.6) is 0 Å². The molecule has 1 heterocycles. The topological polar surface area (TPSA) is 81.2 Å². The second kappa shape index (κ2) is 4.06. The van der Waals surface area contributed by atoms with Crippen molar-refractivity contribution in [3.05, 3.63) is 41.8 Å². The molecule has 5 nitrogen and oxygen atoms in total. The van der Waals surface area contributed by atoms with Crippen LogP contribution in [-0.4, -0.2) is 10.9 Å². The number of nitrogens with zero attached hydrogens (tertiary/aromatic N) is 1. The van der Waals surface area contributed by atoms with Crippen LogP contribution in [0.25, 0.3) is 0 Å². The fraction of sp³-hybridized carbons (Fsp3) is 0.0909. The lowest BCUT2D eigenvalue weighted by molar-refractivity contribution is 0.0997. The first kappa shape index (κ1) is 10.2. The Morgan fingerprint density at radius 2 is 2.06 bits per heavy atom. The van der Waals surface area contributed by atoms with Gasteiger partial charge in [-0.3, -0.25) is 4.79 Å².